The lowest BCUT2D eigenvalue weighted by Gasteiger charge is -2.52. The Bertz CT molecular complexity index is 225. The summed E-state index contributed by atoms with van der Waals surface area (Å²) in [7, 11) is 0. The Morgan fingerprint density at radius 2 is 1.07 bits per heavy atom. The van der Waals surface area contributed by atoms with Gasteiger partial charge in [-0.15, -0.1) is 0 Å². The molecule has 1 heterocycles. The van der Waals surface area contributed by atoms with Gasteiger partial charge < -0.3 is 10.2 Å². The molecule has 0 aromatic carbocycles. The van der Waals surface area contributed by atoms with Crippen molar-refractivity contribution in [1.29, 1.82) is 0 Å². The zero-order valence-corrected chi connectivity index (χ0v) is 11.5. The van der Waals surface area contributed by atoms with E-state index in [2.05, 4.69) is 0 Å². The van der Waals surface area contributed by atoms with Crippen molar-refractivity contribution in [3.63, 3.8) is 0 Å². The summed E-state index contributed by atoms with van der Waals surface area (Å²) in [5, 5.41) is 21.6. The summed E-state index contributed by atoms with van der Waals surface area (Å²) >= 11 is 1.64. The summed E-state index contributed by atoms with van der Waals surface area (Å²) < 4.78 is 0. The fourth-order valence-corrected chi connectivity index (χ4v) is 4.30. The van der Waals surface area contributed by atoms with Crippen LogP contribution in [0.4, 0.5) is 0 Å². The topological polar surface area (TPSA) is 40.5 Å². The maximum absolute atomic E-state index is 10.8. The second-order valence-corrected chi connectivity index (χ2v) is 7.70. The molecular weight excluding hydrogens is 208 g/mol. The van der Waals surface area contributed by atoms with Gasteiger partial charge in [-0.05, 0) is 10.8 Å². The summed E-state index contributed by atoms with van der Waals surface area (Å²) in [6.07, 6.45) is 0. The Morgan fingerprint density at radius 1 is 0.800 bits per heavy atom. The predicted molar refractivity (Wildman–Crippen MR) is 66.1 cm³/mol. The van der Waals surface area contributed by atoms with Gasteiger partial charge in [0.2, 0.25) is 0 Å². The summed E-state index contributed by atoms with van der Waals surface area (Å²) in [5.41, 5.74) is -2.64. The molecule has 0 aromatic heterocycles. The molecule has 0 aliphatic carbocycles. The highest BCUT2D eigenvalue weighted by molar-refractivity contribution is 7.99. The molecule has 1 saturated heterocycles. The highest BCUT2D eigenvalue weighted by Crippen LogP contribution is 2.54. The average Bonchev–Trinajstić information content (AvgIpc) is 2.27. The first-order valence-electron chi connectivity index (χ1n) is 5.48. The maximum atomic E-state index is 10.8. The van der Waals surface area contributed by atoms with Crippen molar-refractivity contribution in [2.75, 3.05) is 11.5 Å². The second-order valence-electron chi connectivity index (χ2n) is 6.71. The summed E-state index contributed by atoms with van der Waals surface area (Å²) in [6, 6.07) is 0. The fraction of sp³-hybridized carbons (Fsp3) is 1.00. The van der Waals surface area contributed by atoms with Gasteiger partial charge in [0.1, 0.15) is 11.2 Å². The van der Waals surface area contributed by atoms with E-state index >= 15 is 0 Å². The van der Waals surface area contributed by atoms with E-state index in [1.807, 2.05) is 41.5 Å². The van der Waals surface area contributed by atoms with Crippen molar-refractivity contribution in [3.8, 4) is 0 Å². The Morgan fingerprint density at radius 3 is 1.27 bits per heavy atom. The Labute approximate surface area is 97.5 Å². The largest absolute Gasteiger partial charge is 0.385 e. The molecule has 3 heteroatoms. The van der Waals surface area contributed by atoms with E-state index in [-0.39, 0.29) is 10.8 Å². The third kappa shape index (κ3) is 1.73. The second kappa shape index (κ2) is 3.38. The zero-order valence-electron chi connectivity index (χ0n) is 10.7. The molecular formula is C12H24O2S. The van der Waals surface area contributed by atoms with E-state index in [4.69, 9.17) is 0 Å². The van der Waals surface area contributed by atoms with Crippen LogP contribution in [0.5, 0.6) is 0 Å². The van der Waals surface area contributed by atoms with Crippen LogP contribution in [-0.4, -0.2) is 32.9 Å². The van der Waals surface area contributed by atoms with Gasteiger partial charge in [-0.2, -0.15) is 11.8 Å². The lowest BCUT2D eigenvalue weighted by molar-refractivity contribution is -0.214. The van der Waals surface area contributed by atoms with Gasteiger partial charge in [0, 0.05) is 11.5 Å². The molecule has 1 rings (SSSR count). The predicted octanol–water partition coefficient (Wildman–Crippen LogP) is 2.29. The van der Waals surface area contributed by atoms with Crippen molar-refractivity contribution in [3.05, 3.63) is 0 Å². The summed E-state index contributed by atoms with van der Waals surface area (Å²) in [5.74, 6) is 1.23. The van der Waals surface area contributed by atoms with Gasteiger partial charge in [0.15, 0.2) is 0 Å². The van der Waals surface area contributed by atoms with Gasteiger partial charge in [-0.1, -0.05) is 41.5 Å². The van der Waals surface area contributed by atoms with Crippen LogP contribution in [0.3, 0.4) is 0 Å². The van der Waals surface area contributed by atoms with E-state index in [1.165, 1.54) is 0 Å². The standard InChI is InChI=1S/C12H24O2S/c1-9(2,3)11(13)7-15-8-12(11,14)10(4,5)6/h13-14H,7-8H2,1-6H3/t11-,12+. The van der Waals surface area contributed by atoms with Crippen molar-refractivity contribution < 1.29 is 10.2 Å². The van der Waals surface area contributed by atoms with Crippen LogP contribution in [0.15, 0.2) is 0 Å². The van der Waals surface area contributed by atoms with Crippen molar-refractivity contribution in [1.82, 2.24) is 0 Å². The van der Waals surface area contributed by atoms with E-state index in [1.54, 1.807) is 11.8 Å². The van der Waals surface area contributed by atoms with Gasteiger partial charge in [-0.25, -0.2) is 0 Å². The third-order valence-electron chi connectivity index (χ3n) is 3.79. The Balaban J connectivity index is 3.21. The van der Waals surface area contributed by atoms with Crippen LogP contribution in [-0.2, 0) is 0 Å². The number of hydrogen-bond acceptors (Lipinski definition) is 3. The highest BCUT2D eigenvalue weighted by atomic mass is 32.2. The van der Waals surface area contributed by atoms with Crippen molar-refractivity contribution in [2.45, 2.75) is 52.7 Å². The number of rotatable bonds is 0. The molecule has 1 fully saturated rings. The molecule has 2 atom stereocenters. The van der Waals surface area contributed by atoms with E-state index in [0.29, 0.717) is 11.5 Å². The number of hydrogen-bond donors (Lipinski definition) is 2. The van der Waals surface area contributed by atoms with Gasteiger partial charge >= 0.3 is 0 Å². The van der Waals surface area contributed by atoms with Crippen LogP contribution in [0, 0.1) is 10.8 Å². The number of thioether (sulfide) groups is 1. The third-order valence-corrected chi connectivity index (χ3v) is 5.03. The molecule has 1 aliphatic heterocycles. The minimum Gasteiger partial charge on any atom is -0.385 e. The van der Waals surface area contributed by atoms with Crippen LogP contribution >= 0.6 is 11.8 Å². The maximum Gasteiger partial charge on any atom is 0.108 e. The van der Waals surface area contributed by atoms with Gasteiger partial charge in [-0.3, -0.25) is 0 Å². The van der Waals surface area contributed by atoms with Crippen molar-refractivity contribution in [2.24, 2.45) is 10.8 Å². The van der Waals surface area contributed by atoms with Crippen LogP contribution in [0.1, 0.15) is 41.5 Å². The summed E-state index contributed by atoms with van der Waals surface area (Å²) in [4.78, 5) is 0. The highest BCUT2D eigenvalue weighted by Gasteiger charge is 2.64. The fourth-order valence-electron chi connectivity index (χ4n) is 2.26. The Hall–Kier alpha value is 0.270. The molecule has 0 radical (unpaired) electrons. The first-order valence-corrected chi connectivity index (χ1v) is 6.64. The molecule has 0 unspecified atom stereocenters. The van der Waals surface area contributed by atoms with Gasteiger partial charge in [0.05, 0.1) is 0 Å². The molecule has 0 aromatic rings. The first-order chi connectivity index (χ1) is 6.46. The monoisotopic (exact) mass is 232 g/mol. The molecule has 0 saturated carbocycles. The molecule has 2 N–H and O–H groups in total. The quantitative estimate of drug-likeness (QED) is 0.673. The minimum absolute atomic E-state index is 0.307. The Kier molecular flexibility index (Phi) is 3.00. The smallest absolute Gasteiger partial charge is 0.108 e. The SMILES string of the molecule is CC(C)(C)[C@]1(O)CSC[C@]1(O)C(C)(C)C. The molecule has 0 bridgehead atoms. The zero-order chi connectivity index (χ0) is 12.1. The van der Waals surface area contributed by atoms with Crippen LogP contribution in [0.2, 0.25) is 0 Å². The molecule has 0 amide bonds. The van der Waals surface area contributed by atoms with Crippen molar-refractivity contribution >= 4 is 11.8 Å². The van der Waals surface area contributed by atoms with Crippen LogP contribution < -0.4 is 0 Å². The van der Waals surface area contributed by atoms with E-state index < -0.39 is 11.2 Å². The molecule has 2 nitrogen and oxygen atoms in total. The number of aliphatic hydroxyl groups is 2. The van der Waals surface area contributed by atoms with E-state index in [0.717, 1.165) is 0 Å². The molecule has 15 heavy (non-hydrogen) atoms. The van der Waals surface area contributed by atoms with E-state index in [9.17, 15) is 10.2 Å². The van der Waals surface area contributed by atoms with Gasteiger partial charge in [0.25, 0.3) is 0 Å². The minimum atomic E-state index is -1.01. The van der Waals surface area contributed by atoms with Crippen LogP contribution in [0.25, 0.3) is 0 Å². The summed E-state index contributed by atoms with van der Waals surface area (Å²) in [6.45, 7) is 12.0. The average molecular weight is 232 g/mol. The molecule has 1 aliphatic rings. The normalized spacial score (nSPS) is 38.4. The molecule has 0 spiro atoms. The first kappa shape index (κ1) is 13.3. The lowest BCUT2D eigenvalue weighted by Crippen LogP contribution is -2.66. The lowest BCUT2D eigenvalue weighted by atomic mass is 9.59. The molecule has 90 valence electrons.